The fraction of sp³-hybridized carbons (Fsp3) is 0.444. The molecule has 2 heterocycles. The summed E-state index contributed by atoms with van der Waals surface area (Å²) in [5, 5.41) is 9.97. The predicted molar refractivity (Wildman–Crippen MR) is 91.8 cm³/mol. The van der Waals surface area contributed by atoms with Crippen molar-refractivity contribution >= 4 is 0 Å². The molecular formula is C18H23N3O3. The van der Waals surface area contributed by atoms with Gasteiger partial charge in [-0.05, 0) is 6.92 Å². The molecule has 0 bridgehead atoms. The molecule has 1 aromatic carbocycles. The van der Waals surface area contributed by atoms with Crippen LogP contribution in [0.1, 0.15) is 18.2 Å². The number of β-amino-alcohol motifs (C(OH)–C–C–N with tert-alkyl or cyclic N) is 1. The maximum Gasteiger partial charge on any atom is 0.255 e. The van der Waals surface area contributed by atoms with E-state index in [2.05, 4.69) is 14.9 Å². The highest BCUT2D eigenvalue weighted by Crippen LogP contribution is 2.18. The molecule has 1 atom stereocenters. The van der Waals surface area contributed by atoms with Crippen molar-refractivity contribution in [3.63, 3.8) is 0 Å². The molecule has 128 valence electrons. The summed E-state index contributed by atoms with van der Waals surface area (Å²) in [4.78, 5) is 22.0. The molecule has 0 unspecified atom stereocenters. The van der Waals surface area contributed by atoms with Crippen LogP contribution in [0.25, 0.3) is 11.4 Å². The fourth-order valence-electron chi connectivity index (χ4n) is 2.97. The summed E-state index contributed by atoms with van der Waals surface area (Å²) in [5.74, 6) is 0.615. The van der Waals surface area contributed by atoms with Gasteiger partial charge in [-0.2, -0.15) is 0 Å². The van der Waals surface area contributed by atoms with Gasteiger partial charge < -0.3 is 14.8 Å². The Labute approximate surface area is 141 Å². The van der Waals surface area contributed by atoms with E-state index in [1.54, 1.807) is 0 Å². The van der Waals surface area contributed by atoms with Crippen LogP contribution in [0.3, 0.4) is 0 Å². The van der Waals surface area contributed by atoms with Gasteiger partial charge in [-0.25, -0.2) is 4.98 Å². The summed E-state index contributed by atoms with van der Waals surface area (Å²) in [7, 11) is 0. The number of aromatic amines is 1. The monoisotopic (exact) mass is 329 g/mol. The maximum absolute atomic E-state index is 12.5. The lowest BCUT2D eigenvalue weighted by Crippen LogP contribution is -2.41. The summed E-state index contributed by atoms with van der Waals surface area (Å²) in [5.41, 5.74) is 2.37. The Kier molecular flexibility index (Phi) is 5.40. The molecule has 1 aromatic heterocycles. The van der Waals surface area contributed by atoms with Crippen molar-refractivity contribution in [2.45, 2.75) is 26.0 Å². The minimum atomic E-state index is -0.540. The van der Waals surface area contributed by atoms with E-state index < -0.39 is 6.10 Å². The quantitative estimate of drug-likeness (QED) is 0.832. The predicted octanol–water partition coefficient (Wildman–Crippen LogP) is 1.19. The van der Waals surface area contributed by atoms with Gasteiger partial charge in [0, 0.05) is 38.2 Å². The highest BCUT2D eigenvalue weighted by atomic mass is 16.5. The zero-order valence-corrected chi connectivity index (χ0v) is 13.9. The van der Waals surface area contributed by atoms with Gasteiger partial charge >= 0.3 is 0 Å². The highest BCUT2D eigenvalue weighted by Gasteiger charge is 2.23. The van der Waals surface area contributed by atoms with Crippen LogP contribution in [0, 0.1) is 0 Å². The normalized spacial score (nSPS) is 15.9. The molecule has 24 heavy (non-hydrogen) atoms. The Balaban J connectivity index is 1.75. The largest absolute Gasteiger partial charge is 0.389 e. The molecule has 0 fully saturated rings. The van der Waals surface area contributed by atoms with Crippen LogP contribution in [-0.4, -0.2) is 52.4 Å². The first kappa shape index (κ1) is 16.8. The third kappa shape index (κ3) is 3.90. The van der Waals surface area contributed by atoms with E-state index in [-0.39, 0.29) is 5.56 Å². The SMILES string of the molecule is CCOC[C@H](O)CN1CCc2nc(-c3ccccc3)[nH]c(=O)c2C1. The molecule has 1 aliphatic heterocycles. The van der Waals surface area contributed by atoms with Gasteiger partial charge in [0.1, 0.15) is 5.82 Å². The molecule has 3 rings (SSSR count). The van der Waals surface area contributed by atoms with Gasteiger partial charge in [0.05, 0.1) is 24.0 Å². The first-order valence-corrected chi connectivity index (χ1v) is 8.33. The second-order valence-electron chi connectivity index (χ2n) is 6.00. The van der Waals surface area contributed by atoms with Crippen LogP contribution in [-0.2, 0) is 17.7 Å². The Morgan fingerprint density at radius 1 is 1.38 bits per heavy atom. The Morgan fingerprint density at radius 2 is 2.17 bits per heavy atom. The van der Waals surface area contributed by atoms with Crippen molar-refractivity contribution in [2.75, 3.05) is 26.3 Å². The molecule has 6 nitrogen and oxygen atoms in total. The minimum absolute atomic E-state index is 0.0946. The maximum atomic E-state index is 12.5. The number of hydrogen-bond donors (Lipinski definition) is 2. The smallest absolute Gasteiger partial charge is 0.255 e. The number of hydrogen-bond acceptors (Lipinski definition) is 5. The lowest BCUT2D eigenvalue weighted by Gasteiger charge is -2.29. The highest BCUT2D eigenvalue weighted by molar-refractivity contribution is 5.54. The number of aromatic nitrogens is 2. The average Bonchev–Trinajstić information content (AvgIpc) is 2.61. The zero-order chi connectivity index (χ0) is 16.9. The van der Waals surface area contributed by atoms with Crippen LogP contribution in [0.5, 0.6) is 0 Å². The first-order chi connectivity index (χ1) is 11.7. The summed E-state index contributed by atoms with van der Waals surface area (Å²) in [6.45, 7) is 4.60. The van der Waals surface area contributed by atoms with Crippen LogP contribution in [0.2, 0.25) is 0 Å². The molecule has 0 saturated carbocycles. The molecule has 6 heteroatoms. The number of aliphatic hydroxyl groups is 1. The standard InChI is InChI=1S/C18H23N3O3/c1-2-24-12-14(22)10-21-9-8-16-15(11-21)18(23)20-17(19-16)13-6-4-3-5-7-13/h3-7,14,22H,2,8-12H2,1H3,(H,19,20,23)/t14-/m1/s1. The van der Waals surface area contributed by atoms with E-state index in [1.807, 2.05) is 37.3 Å². The number of ether oxygens (including phenoxy) is 1. The van der Waals surface area contributed by atoms with Crippen molar-refractivity contribution in [2.24, 2.45) is 0 Å². The number of benzene rings is 1. The van der Waals surface area contributed by atoms with E-state index in [0.717, 1.165) is 17.8 Å². The second-order valence-corrected chi connectivity index (χ2v) is 6.00. The minimum Gasteiger partial charge on any atom is -0.389 e. The van der Waals surface area contributed by atoms with E-state index in [0.29, 0.717) is 44.1 Å². The Hall–Kier alpha value is -2.02. The molecule has 2 N–H and O–H groups in total. The second kappa shape index (κ2) is 7.70. The first-order valence-electron chi connectivity index (χ1n) is 8.33. The molecular weight excluding hydrogens is 306 g/mol. The van der Waals surface area contributed by atoms with Crippen LogP contribution < -0.4 is 5.56 Å². The van der Waals surface area contributed by atoms with Gasteiger partial charge in [-0.15, -0.1) is 0 Å². The molecule has 1 aliphatic rings. The van der Waals surface area contributed by atoms with Gasteiger partial charge in [0.15, 0.2) is 0 Å². The van der Waals surface area contributed by atoms with E-state index in [1.165, 1.54) is 0 Å². The molecule has 0 aliphatic carbocycles. The van der Waals surface area contributed by atoms with Crippen molar-refractivity contribution in [1.29, 1.82) is 0 Å². The number of aliphatic hydroxyl groups excluding tert-OH is 1. The van der Waals surface area contributed by atoms with E-state index in [4.69, 9.17) is 4.74 Å². The lowest BCUT2D eigenvalue weighted by atomic mass is 10.1. The zero-order valence-electron chi connectivity index (χ0n) is 13.9. The Morgan fingerprint density at radius 3 is 2.92 bits per heavy atom. The van der Waals surface area contributed by atoms with Crippen molar-refractivity contribution < 1.29 is 9.84 Å². The van der Waals surface area contributed by atoms with Gasteiger partial charge in [-0.3, -0.25) is 9.69 Å². The van der Waals surface area contributed by atoms with Crippen molar-refractivity contribution in [1.82, 2.24) is 14.9 Å². The summed E-state index contributed by atoms with van der Waals surface area (Å²) < 4.78 is 5.24. The van der Waals surface area contributed by atoms with Crippen LogP contribution in [0.4, 0.5) is 0 Å². The van der Waals surface area contributed by atoms with Crippen molar-refractivity contribution in [3.05, 3.63) is 51.9 Å². The van der Waals surface area contributed by atoms with Crippen molar-refractivity contribution in [3.8, 4) is 11.4 Å². The third-order valence-electron chi connectivity index (χ3n) is 4.18. The molecule has 0 radical (unpaired) electrons. The Bertz CT molecular complexity index is 730. The van der Waals surface area contributed by atoms with E-state index >= 15 is 0 Å². The summed E-state index contributed by atoms with van der Waals surface area (Å²) >= 11 is 0. The van der Waals surface area contributed by atoms with Gasteiger partial charge in [-0.1, -0.05) is 30.3 Å². The fourth-order valence-corrected chi connectivity index (χ4v) is 2.97. The third-order valence-corrected chi connectivity index (χ3v) is 4.18. The average molecular weight is 329 g/mol. The summed E-state index contributed by atoms with van der Waals surface area (Å²) in [6, 6.07) is 9.66. The summed E-state index contributed by atoms with van der Waals surface area (Å²) in [6.07, 6.45) is 0.169. The molecule has 2 aromatic rings. The molecule has 0 saturated heterocycles. The van der Waals surface area contributed by atoms with Gasteiger partial charge in [0.2, 0.25) is 0 Å². The lowest BCUT2D eigenvalue weighted by molar-refractivity contribution is 0.0184. The van der Waals surface area contributed by atoms with Crippen LogP contribution >= 0.6 is 0 Å². The van der Waals surface area contributed by atoms with E-state index in [9.17, 15) is 9.90 Å². The molecule has 0 spiro atoms. The number of H-pyrrole nitrogens is 1. The topological polar surface area (TPSA) is 78.5 Å². The number of fused-ring (bicyclic) bond motifs is 1. The number of nitrogens with one attached hydrogen (secondary N) is 1. The van der Waals surface area contributed by atoms with Gasteiger partial charge in [0.25, 0.3) is 5.56 Å². The van der Waals surface area contributed by atoms with Crippen LogP contribution in [0.15, 0.2) is 35.1 Å². The number of nitrogens with zero attached hydrogens (tertiary/aromatic N) is 2. The molecule has 0 amide bonds. The number of rotatable bonds is 6.